The number of nitrogens with zero attached hydrogens (tertiary/aromatic N) is 1. The van der Waals surface area contributed by atoms with Crippen molar-refractivity contribution >= 4 is 27.3 Å². The zero-order valence-electron chi connectivity index (χ0n) is 12.5. The van der Waals surface area contributed by atoms with E-state index in [1.54, 1.807) is 12.1 Å². The second-order valence-electron chi connectivity index (χ2n) is 5.38. The van der Waals surface area contributed by atoms with Crippen LogP contribution in [0.1, 0.15) is 16.8 Å². The zero-order valence-corrected chi connectivity index (χ0v) is 13.3. The fourth-order valence-electron chi connectivity index (χ4n) is 2.51. The van der Waals surface area contributed by atoms with E-state index in [1.807, 2.05) is 0 Å². The summed E-state index contributed by atoms with van der Waals surface area (Å²) in [6, 6.07) is 9.19. The van der Waals surface area contributed by atoms with Gasteiger partial charge in [-0.1, -0.05) is 6.07 Å². The molecule has 1 N–H and O–H groups in total. The van der Waals surface area contributed by atoms with Crippen LogP contribution in [0, 0.1) is 11.6 Å². The maximum absolute atomic E-state index is 13.2. The van der Waals surface area contributed by atoms with Crippen LogP contribution in [-0.2, 0) is 10.0 Å². The number of carbonyl (C=O) groups excluding carboxylic acids is 1. The second kappa shape index (κ2) is 6.20. The van der Waals surface area contributed by atoms with Crippen LogP contribution in [0.3, 0.4) is 0 Å². The molecule has 126 valence electrons. The van der Waals surface area contributed by atoms with E-state index in [9.17, 15) is 22.0 Å². The standard InChI is InChI=1S/C16H14F2N2O3S/c17-14-6-5-12(10-15(14)18)19-16(21)11-3-1-4-13(9-11)20-7-2-8-24(20,22)23/h1,3-6,9-10H,2,7-8H2,(H,19,21). The highest BCUT2D eigenvalue weighted by Gasteiger charge is 2.28. The van der Waals surface area contributed by atoms with Crippen molar-refractivity contribution < 1.29 is 22.0 Å². The van der Waals surface area contributed by atoms with Crippen molar-refractivity contribution in [3.05, 3.63) is 59.7 Å². The molecule has 0 atom stereocenters. The van der Waals surface area contributed by atoms with Gasteiger partial charge in [0.25, 0.3) is 5.91 Å². The predicted octanol–water partition coefficient (Wildman–Crippen LogP) is 2.76. The lowest BCUT2D eigenvalue weighted by molar-refractivity contribution is 0.102. The summed E-state index contributed by atoms with van der Waals surface area (Å²) < 4.78 is 51.3. The van der Waals surface area contributed by atoms with Gasteiger partial charge in [0.15, 0.2) is 11.6 Å². The van der Waals surface area contributed by atoms with Gasteiger partial charge in [-0.05, 0) is 36.8 Å². The highest BCUT2D eigenvalue weighted by atomic mass is 32.2. The van der Waals surface area contributed by atoms with Crippen LogP contribution >= 0.6 is 0 Å². The molecule has 2 aromatic rings. The number of rotatable bonds is 3. The second-order valence-corrected chi connectivity index (χ2v) is 7.39. The van der Waals surface area contributed by atoms with Crippen molar-refractivity contribution in [3.8, 4) is 0 Å². The molecule has 1 saturated heterocycles. The molecule has 1 aliphatic rings. The Bertz CT molecular complexity index is 900. The van der Waals surface area contributed by atoms with Gasteiger partial charge in [-0.3, -0.25) is 9.10 Å². The van der Waals surface area contributed by atoms with Crippen molar-refractivity contribution in [1.82, 2.24) is 0 Å². The molecule has 0 unspecified atom stereocenters. The van der Waals surface area contributed by atoms with Crippen LogP contribution in [0.2, 0.25) is 0 Å². The van der Waals surface area contributed by atoms with Crippen LogP contribution in [0.25, 0.3) is 0 Å². The van der Waals surface area contributed by atoms with E-state index in [2.05, 4.69) is 5.32 Å². The van der Waals surface area contributed by atoms with E-state index in [-0.39, 0.29) is 17.0 Å². The van der Waals surface area contributed by atoms with Crippen molar-refractivity contribution in [2.24, 2.45) is 0 Å². The molecule has 0 aromatic heterocycles. The topological polar surface area (TPSA) is 66.5 Å². The van der Waals surface area contributed by atoms with Crippen LogP contribution in [0.5, 0.6) is 0 Å². The Hall–Kier alpha value is -2.48. The van der Waals surface area contributed by atoms with Crippen molar-refractivity contribution in [3.63, 3.8) is 0 Å². The van der Waals surface area contributed by atoms with Gasteiger partial charge in [0.2, 0.25) is 10.0 Å². The van der Waals surface area contributed by atoms with Gasteiger partial charge in [0, 0.05) is 23.9 Å². The van der Waals surface area contributed by atoms with Gasteiger partial charge in [-0.25, -0.2) is 17.2 Å². The monoisotopic (exact) mass is 352 g/mol. The molecule has 1 aliphatic heterocycles. The molecule has 2 aromatic carbocycles. The molecule has 0 radical (unpaired) electrons. The molecule has 1 heterocycles. The van der Waals surface area contributed by atoms with E-state index in [0.29, 0.717) is 18.7 Å². The summed E-state index contributed by atoms with van der Waals surface area (Å²) in [5, 5.41) is 2.45. The molecule has 3 rings (SSSR count). The molecule has 8 heteroatoms. The highest BCUT2D eigenvalue weighted by molar-refractivity contribution is 7.93. The lowest BCUT2D eigenvalue weighted by atomic mass is 10.1. The first-order valence-corrected chi connectivity index (χ1v) is 8.85. The number of sulfonamides is 1. The van der Waals surface area contributed by atoms with E-state index in [1.165, 1.54) is 22.5 Å². The number of nitrogens with one attached hydrogen (secondary N) is 1. The normalized spacial score (nSPS) is 16.2. The number of hydrogen-bond donors (Lipinski definition) is 1. The van der Waals surface area contributed by atoms with Crippen molar-refractivity contribution in [1.29, 1.82) is 0 Å². The number of benzene rings is 2. The Kier molecular flexibility index (Phi) is 4.23. The Balaban J connectivity index is 1.83. The van der Waals surface area contributed by atoms with E-state index >= 15 is 0 Å². The highest BCUT2D eigenvalue weighted by Crippen LogP contribution is 2.25. The number of halogens is 2. The van der Waals surface area contributed by atoms with Gasteiger partial charge in [-0.2, -0.15) is 0 Å². The third-order valence-electron chi connectivity index (χ3n) is 3.67. The zero-order chi connectivity index (χ0) is 17.3. The Labute approximate surface area is 138 Å². The minimum atomic E-state index is -3.34. The first-order chi connectivity index (χ1) is 11.4. The largest absolute Gasteiger partial charge is 0.322 e. The van der Waals surface area contributed by atoms with Crippen molar-refractivity contribution in [2.75, 3.05) is 21.9 Å². The summed E-state index contributed by atoms with van der Waals surface area (Å²) in [7, 11) is -3.34. The van der Waals surface area contributed by atoms with Crippen LogP contribution < -0.4 is 9.62 Å². The van der Waals surface area contributed by atoms with Crippen LogP contribution in [0.15, 0.2) is 42.5 Å². The van der Waals surface area contributed by atoms with Gasteiger partial charge in [0.1, 0.15) is 0 Å². The minimum Gasteiger partial charge on any atom is -0.322 e. The molecular formula is C16H14F2N2O3S. The molecular weight excluding hydrogens is 338 g/mol. The smallest absolute Gasteiger partial charge is 0.255 e. The number of amides is 1. The summed E-state index contributed by atoms with van der Waals surface area (Å²) in [6.07, 6.45) is 0.535. The maximum atomic E-state index is 13.2. The Morgan fingerprint density at radius 1 is 1.08 bits per heavy atom. The summed E-state index contributed by atoms with van der Waals surface area (Å²) in [4.78, 5) is 12.2. The molecule has 0 aliphatic carbocycles. The van der Waals surface area contributed by atoms with E-state index < -0.39 is 27.6 Å². The van der Waals surface area contributed by atoms with Gasteiger partial charge in [-0.15, -0.1) is 0 Å². The molecule has 1 amide bonds. The summed E-state index contributed by atoms with van der Waals surface area (Å²) in [6.45, 7) is 0.372. The quantitative estimate of drug-likeness (QED) is 0.924. The first kappa shape index (κ1) is 16.4. The molecule has 1 fully saturated rings. The summed E-state index contributed by atoms with van der Waals surface area (Å²) in [5.41, 5.74) is 0.739. The van der Waals surface area contributed by atoms with E-state index in [4.69, 9.17) is 0 Å². The van der Waals surface area contributed by atoms with Crippen LogP contribution in [0.4, 0.5) is 20.2 Å². The third kappa shape index (κ3) is 3.23. The third-order valence-corrected chi connectivity index (χ3v) is 5.54. The lowest BCUT2D eigenvalue weighted by Crippen LogP contribution is -2.25. The average Bonchev–Trinajstić information content (AvgIpc) is 2.90. The van der Waals surface area contributed by atoms with Crippen molar-refractivity contribution in [2.45, 2.75) is 6.42 Å². The SMILES string of the molecule is O=C(Nc1ccc(F)c(F)c1)c1cccc(N2CCCS2(=O)=O)c1. The minimum absolute atomic E-state index is 0.0816. The lowest BCUT2D eigenvalue weighted by Gasteiger charge is -2.17. The number of anilines is 2. The molecule has 0 bridgehead atoms. The van der Waals surface area contributed by atoms with Crippen LogP contribution in [-0.4, -0.2) is 26.6 Å². The molecule has 0 spiro atoms. The summed E-state index contributed by atoms with van der Waals surface area (Å²) in [5.74, 6) is -2.53. The first-order valence-electron chi connectivity index (χ1n) is 7.24. The number of carbonyl (C=O) groups is 1. The number of hydrogen-bond acceptors (Lipinski definition) is 3. The van der Waals surface area contributed by atoms with Gasteiger partial charge in [0.05, 0.1) is 11.4 Å². The fourth-order valence-corrected chi connectivity index (χ4v) is 4.07. The van der Waals surface area contributed by atoms with E-state index in [0.717, 1.165) is 12.1 Å². The van der Waals surface area contributed by atoms with Gasteiger partial charge >= 0.3 is 0 Å². The average molecular weight is 352 g/mol. The Morgan fingerprint density at radius 2 is 1.88 bits per heavy atom. The molecule has 5 nitrogen and oxygen atoms in total. The Morgan fingerprint density at radius 3 is 2.54 bits per heavy atom. The maximum Gasteiger partial charge on any atom is 0.255 e. The summed E-state index contributed by atoms with van der Waals surface area (Å²) >= 11 is 0. The fraction of sp³-hybridized carbons (Fsp3) is 0.188. The molecule has 0 saturated carbocycles. The van der Waals surface area contributed by atoms with Gasteiger partial charge < -0.3 is 5.32 Å². The predicted molar refractivity (Wildman–Crippen MR) is 86.5 cm³/mol. The molecule has 24 heavy (non-hydrogen) atoms.